The highest BCUT2D eigenvalue weighted by molar-refractivity contribution is 9.09. The van der Waals surface area contributed by atoms with Crippen molar-refractivity contribution >= 4 is 27.5 Å². The molecule has 1 heterocycles. The second kappa shape index (κ2) is 7.71. The molecule has 2 aromatic carbocycles. The van der Waals surface area contributed by atoms with E-state index in [0.717, 1.165) is 47.8 Å². The zero-order valence-electron chi connectivity index (χ0n) is 14.9. The number of unbranched alkanes of at least 4 members (excludes halogenated alkanes) is 2. The molecule has 0 N–H and O–H groups in total. The van der Waals surface area contributed by atoms with Crippen LogP contribution >= 0.6 is 15.9 Å². The molecule has 0 saturated carbocycles. The first kappa shape index (κ1) is 18.2. The van der Waals surface area contributed by atoms with Gasteiger partial charge in [-0.25, -0.2) is 10.0 Å². The highest BCUT2D eigenvalue weighted by Gasteiger charge is 2.52. The summed E-state index contributed by atoms with van der Waals surface area (Å²) >= 11 is 3.51. The Hall–Kier alpha value is -1.65. The summed E-state index contributed by atoms with van der Waals surface area (Å²) < 4.78 is 0. The van der Waals surface area contributed by atoms with Crippen LogP contribution in [0.4, 0.5) is 5.69 Å². The predicted octanol–water partition coefficient (Wildman–Crippen LogP) is 4.75. The molecule has 0 radical (unpaired) electrons. The van der Waals surface area contributed by atoms with Crippen LogP contribution in [0.15, 0.2) is 54.6 Å². The molecule has 2 aromatic rings. The smallest absolute Gasteiger partial charge is 0.256 e. The van der Waals surface area contributed by atoms with Crippen LogP contribution in [0.3, 0.4) is 0 Å². The fraction of sp³-hybridized carbons (Fsp3) is 0.381. The molecule has 1 aliphatic heterocycles. The lowest BCUT2D eigenvalue weighted by atomic mass is 9.72. The first-order chi connectivity index (χ1) is 12.1. The van der Waals surface area contributed by atoms with Crippen LogP contribution < -0.4 is 5.01 Å². The monoisotopic (exact) mass is 400 g/mol. The number of hydrogen-bond donors (Lipinski definition) is 0. The molecule has 0 aliphatic carbocycles. The molecule has 0 saturated heterocycles. The van der Waals surface area contributed by atoms with Crippen molar-refractivity contribution < 1.29 is 4.79 Å². The number of hydrogen-bond acceptors (Lipinski definition) is 2. The number of rotatable bonds is 7. The zero-order chi connectivity index (χ0) is 17.9. The number of fused-ring (bicyclic) bond motifs is 1. The number of halogens is 1. The minimum atomic E-state index is -0.589. The molecule has 1 atom stereocenters. The van der Waals surface area contributed by atoms with E-state index in [1.165, 1.54) is 0 Å². The number of alkyl halides is 1. The van der Waals surface area contributed by atoms with Crippen molar-refractivity contribution in [2.24, 2.45) is 0 Å². The van der Waals surface area contributed by atoms with Crippen molar-refractivity contribution in [1.29, 1.82) is 0 Å². The highest BCUT2D eigenvalue weighted by Crippen LogP contribution is 2.49. The number of benzene rings is 2. The van der Waals surface area contributed by atoms with E-state index in [2.05, 4.69) is 40.2 Å². The summed E-state index contributed by atoms with van der Waals surface area (Å²) in [5.41, 5.74) is 2.63. The quantitative estimate of drug-likeness (QED) is 0.494. The van der Waals surface area contributed by atoms with E-state index in [0.29, 0.717) is 0 Å². The van der Waals surface area contributed by atoms with E-state index >= 15 is 0 Å². The number of carbonyl (C=O) groups is 1. The highest BCUT2D eigenvalue weighted by atomic mass is 79.9. The van der Waals surface area contributed by atoms with Crippen molar-refractivity contribution in [2.75, 3.05) is 24.4 Å². The van der Waals surface area contributed by atoms with E-state index in [1.807, 2.05) is 54.4 Å². The fourth-order valence-electron chi connectivity index (χ4n) is 3.87. The van der Waals surface area contributed by atoms with Crippen molar-refractivity contribution in [1.82, 2.24) is 5.01 Å². The second-order valence-corrected chi connectivity index (χ2v) is 7.55. The molecule has 0 fully saturated rings. The molecular weight excluding hydrogens is 376 g/mol. The van der Waals surface area contributed by atoms with Gasteiger partial charge >= 0.3 is 0 Å². The first-order valence-electron chi connectivity index (χ1n) is 8.85. The number of amides is 1. The summed E-state index contributed by atoms with van der Waals surface area (Å²) in [4.78, 5) is 13.7. The fourth-order valence-corrected chi connectivity index (χ4v) is 4.27. The lowest BCUT2D eigenvalue weighted by Gasteiger charge is -2.31. The summed E-state index contributed by atoms with van der Waals surface area (Å²) in [7, 11) is 3.86. The largest absolute Gasteiger partial charge is 0.272 e. The van der Waals surface area contributed by atoms with E-state index in [-0.39, 0.29) is 5.91 Å². The summed E-state index contributed by atoms with van der Waals surface area (Å²) in [6, 6.07) is 18.5. The Morgan fingerprint density at radius 2 is 1.64 bits per heavy atom. The summed E-state index contributed by atoms with van der Waals surface area (Å²) in [6.45, 7) is 0. The van der Waals surface area contributed by atoms with Crippen LogP contribution in [0, 0.1) is 0 Å². The van der Waals surface area contributed by atoms with E-state index < -0.39 is 5.41 Å². The third-order valence-electron chi connectivity index (χ3n) is 5.00. The van der Waals surface area contributed by atoms with Gasteiger partial charge in [-0.1, -0.05) is 77.3 Å². The molecule has 1 aliphatic rings. The van der Waals surface area contributed by atoms with Gasteiger partial charge in [-0.2, -0.15) is 0 Å². The normalized spacial score (nSPS) is 19.5. The number of anilines is 1. The molecule has 0 aromatic heterocycles. The van der Waals surface area contributed by atoms with Gasteiger partial charge in [0, 0.05) is 19.4 Å². The molecule has 25 heavy (non-hydrogen) atoms. The second-order valence-electron chi connectivity index (χ2n) is 6.75. The van der Waals surface area contributed by atoms with Gasteiger partial charge in [0.2, 0.25) is 0 Å². The summed E-state index contributed by atoms with van der Waals surface area (Å²) in [5, 5.41) is 4.73. The maximum Gasteiger partial charge on any atom is 0.256 e. The first-order valence-corrected chi connectivity index (χ1v) is 9.98. The predicted molar refractivity (Wildman–Crippen MR) is 107 cm³/mol. The van der Waals surface area contributed by atoms with E-state index in [9.17, 15) is 4.79 Å². The molecule has 3 rings (SSSR count). The van der Waals surface area contributed by atoms with Crippen molar-refractivity contribution in [3.8, 4) is 0 Å². The van der Waals surface area contributed by atoms with Gasteiger partial charge in [-0.05, 0) is 30.0 Å². The minimum Gasteiger partial charge on any atom is -0.272 e. The van der Waals surface area contributed by atoms with Gasteiger partial charge in [-0.15, -0.1) is 0 Å². The van der Waals surface area contributed by atoms with E-state index in [4.69, 9.17) is 0 Å². The molecular formula is C21H25BrN2O. The van der Waals surface area contributed by atoms with Crippen LogP contribution in [0.5, 0.6) is 0 Å². The van der Waals surface area contributed by atoms with Crippen molar-refractivity contribution in [3.05, 3.63) is 65.7 Å². The van der Waals surface area contributed by atoms with Crippen LogP contribution in [0.1, 0.15) is 36.8 Å². The van der Waals surface area contributed by atoms with Crippen molar-refractivity contribution in [3.63, 3.8) is 0 Å². The number of hydrazine groups is 1. The maximum atomic E-state index is 13.7. The Bertz CT molecular complexity index is 732. The molecule has 0 unspecified atom stereocenters. The van der Waals surface area contributed by atoms with Gasteiger partial charge in [0.05, 0.1) is 5.69 Å². The number of carbonyl (C=O) groups excluding carboxylic acids is 1. The van der Waals surface area contributed by atoms with Gasteiger partial charge in [-0.3, -0.25) is 4.79 Å². The molecule has 132 valence electrons. The lowest BCUT2D eigenvalue weighted by Crippen LogP contribution is -2.47. The van der Waals surface area contributed by atoms with E-state index in [1.54, 1.807) is 0 Å². The summed E-state index contributed by atoms with van der Waals surface area (Å²) in [5.74, 6) is 0.156. The number of para-hydroxylation sites is 1. The van der Waals surface area contributed by atoms with Crippen LogP contribution in [-0.4, -0.2) is 30.3 Å². The van der Waals surface area contributed by atoms with Gasteiger partial charge in [0.1, 0.15) is 5.41 Å². The SMILES string of the molecule is CN(C)N1C(=O)[C@@](CCCCCBr)(c2ccccc2)c2ccccc21. The Labute approximate surface area is 158 Å². The Morgan fingerprint density at radius 1 is 0.960 bits per heavy atom. The summed E-state index contributed by atoms with van der Waals surface area (Å²) in [6.07, 6.45) is 4.13. The third kappa shape index (κ3) is 3.13. The average Bonchev–Trinajstić information content (AvgIpc) is 2.89. The lowest BCUT2D eigenvalue weighted by molar-refractivity contribution is -0.124. The van der Waals surface area contributed by atoms with Crippen molar-refractivity contribution in [2.45, 2.75) is 31.1 Å². The standard InChI is InChI=1S/C21H25BrN2O/c1-23(2)24-19-14-8-7-13-18(19)21(20(24)25,15-9-4-10-16-22)17-11-5-3-6-12-17/h3,5-8,11-14H,4,9-10,15-16H2,1-2H3/t21-/m0/s1. The molecule has 0 bridgehead atoms. The Kier molecular flexibility index (Phi) is 5.60. The topological polar surface area (TPSA) is 23.6 Å². The van der Waals surface area contributed by atoms with Gasteiger partial charge in [0.25, 0.3) is 5.91 Å². The third-order valence-corrected chi connectivity index (χ3v) is 5.56. The Balaban J connectivity index is 2.12. The minimum absolute atomic E-state index is 0.156. The number of nitrogens with zero attached hydrogens (tertiary/aromatic N) is 2. The average molecular weight is 401 g/mol. The van der Waals surface area contributed by atoms with Gasteiger partial charge < -0.3 is 0 Å². The Morgan fingerprint density at radius 3 is 2.32 bits per heavy atom. The van der Waals surface area contributed by atoms with Crippen LogP contribution in [0.25, 0.3) is 0 Å². The molecule has 4 heteroatoms. The van der Waals surface area contributed by atoms with Crippen LogP contribution in [0.2, 0.25) is 0 Å². The molecule has 0 spiro atoms. The molecule has 3 nitrogen and oxygen atoms in total. The molecule has 1 amide bonds. The van der Waals surface area contributed by atoms with Crippen LogP contribution in [-0.2, 0) is 10.2 Å². The maximum absolute atomic E-state index is 13.7. The zero-order valence-corrected chi connectivity index (χ0v) is 16.5. The van der Waals surface area contributed by atoms with Gasteiger partial charge in [0.15, 0.2) is 0 Å².